The molecule has 0 saturated carbocycles. The van der Waals surface area contributed by atoms with E-state index < -0.39 is 28.3 Å². The third-order valence-corrected chi connectivity index (χ3v) is 2.35. The molecular weight excluding hydrogens is 186 g/mol. The Kier molecular flexibility index (Phi) is 4.32. The van der Waals surface area contributed by atoms with Crippen LogP contribution in [-0.2, 0) is 20.1 Å². The molecule has 3 N–H and O–H groups in total. The molecule has 0 bridgehead atoms. The average Bonchev–Trinajstić information content (AvgIpc) is 2.02. The lowest BCUT2D eigenvalue weighted by Gasteiger charge is -2.18. The fraction of sp³-hybridized carbons (Fsp3) is 0.800. The first kappa shape index (κ1) is 11.5. The van der Waals surface area contributed by atoms with Crippen LogP contribution in [0.1, 0.15) is 6.92 Å². The summed E-state index contributed by atoms with van der Waals surface area (Å²) in [5.74, 6) is -1.41. The van der Waals surface area contributed by atoms with Gasteiger partial charge in [0.25, 0.3) is 5.91 Å². The van der Waals surface area contributed by atoms with Gasteiger partial charge in [0, 0.05) is 0 Å². The van der Waals surface area contributed by atoms with Crippen LogP contribution < -0.4 is 5.48 Å². The Bertz CT molecular complexity index is 192. The van der Waals surface area contributed by atoms with E-state index in [1.54, 1.807) is 0 Å². The lowest BCUT2D eigenvalue weighted by atomic mass is 10.1. The second kappa shape index (κ2) is 4.51. The van der Waals surface area contributed by atoms with E-state index in [9.17, 15) is 14.1 Å². The number of hydrogen-bond acceptors (Lipinski definition) is 5. The monoisotopic (exact) mass is 197 g/mol. The van der Waals surface area contributed by atoms with Gasteiger partial charge in [-0.2, -0.15) is 0 Å². The SMILES string of the molecule is COS(=O)CC(C)(O)C(=O)NO. The van der Waals surface area contributed by atoms with Gasteiger partial charge in [-0.25, -0.2) is 9.69 Å². The number of carbonyl (C=O) groups excluding carboxylic acids is 1. The molecule has 0 aliphatic carbocycles. The standard InChI is InChI=1S/C5H11NO5S/c1-5(8,4(7)6-9)3-12(10)11-2/h8-9H,3H2,1-2H3,(H,6,7). The van der Waals surface area contributed by atoms with Crippen LogP contribution in [0.4, 0.5) is 0 Å². The first-order chi connectivity index (χ1) is 5.44. The van der Waals surface area contributed by atoms with Crippen molar-refractivity contribution in [3.8, 4) is 0 Å². The van der Waals surface area contributed by atoms with Crippen LogP contribution >= 0.6 is 0 Å². The molecule has 0 aromatic carbocycles. The van der Waals surface area contributed by atoms with Crippen molar-refractivity contribution in [2.24, 2.45) is 0 Å². The van der Waals surface area contributed by atoms with E-state index in [0.29, 0.717) is 0 Å². The highest BCUT2D eigenvalue weighted by atomic mass is 32.2. The zero-order valence-corrected chi connectivity index (χ0v) is 7.55. The first-order valence-electron chi connectivity index (χ1n) is 3.04. The predicted molar refractivity (Wildman–Crippen MR) is 40.6 cm³/mol. The summed E-state index contributed by atoms with van der Waals surface area (Å²) in [7, 11) is 1.18. The number of aliphatic hydroxyl groups is 1. The van der Waals surface area contributed by atoms with Gasteiger partial charge in [0.2, 0.25) is 0 Å². The van der Waals surface area contributed by atoms with Crippen LogP contribution in [0.3, 0.4) is 0 Å². The molecule has 6 nitrogen and oxygen atoms in total. The number of carbonyl (C=O) groups is 1. The molecule has 0 aromatic heterocycles. The summed E-state index contributed by atoms with van der Waals surface area (Å²) in [6.45, 7) is 1.12. The van der Waals surface area contributed by atoms with Gasteiger partial charge in [-0.15, -0.1) is 0 Å². The highest BCUT2D eigenvalue weighted by Crippen LogP contribution is 2.05. The minimum absolute atomic E-state index is 0.393. The summed E-state index contributed by atoms with van der Waals surface area (Å²) < 4.78 is 15.0. The minimum Gasteiger partial charge on any atom is -0.379 e. The molecule has 0 aromatic rings. The van der Waals surface area contributed by atoms with Gasteiger partial charge in [-0.3, -0.25) is 14.2 Å². The average molecular weight is 197 g/mol. The van der Waals surface area contributed by atoms with Gasteiger partial charge in [-0.1, -0.05) is 0 Å². The maximum Gasteiger partial charge on any atom is 0.276 e. The number of rotatable bonds is 4. The molecule has 0 heterocycles. The van der Waals surface area contributed by atoms with Crippen molar-refractivity contribution >= 4 is 17.0 Å². The lowest BCUT2D eigenvalue weighted by Crippen LogP contribution is -2.47. The van der Waals surface area contributed by atoms with E-state index in [1.165, 1.54) is 12.6 Å². The second-order valence-corrected chi connectivity index (χ2v) is 3.56. The van der Waals surface area contributed by atoms with Gasteiger partial charge in [0.05, 0.1) is 12.9 Å². The number of hydroxylamine groups is 1. The van der Waals surface area contributed by atoms with Crippen molar-refractivity contribution < 1.29 is 23.5 Å². The summed E-state index contributed by atoms with van der Waals surface area (Å²) in [4.78, 5) is 10.7. The molecule has 2 atom stereocenters. The maximum absolute atomic E-state index is 10.7. The predicted octanol–water partition coefficient (Wildman–Crippen LogP) is -1.45. The second-order valence-electron chi connectivity index (χ2n) is 2.33. The fourth-order valence-electron chi connectivity index (χ4n) is 0.474. The molecule has 0 radical (unpaired) electrons. The first-order valence-corrected chi connectivity index (χ1v) is 4.28. The summed E-state index contributed by atoms with van der Waals surface area (Å²) in [5.41, 5.74) is -0.637. The highest BCUT2D eigenvalue weighted by molar-refractivity contribution is 7.80. The van der Waals surface area contributed by atoms with Crippen LogP contribution in [-0.4, -0.2) is 38.9 Å². The van der Waals surface area contributed by atoms with E-state index in [2.05, 4.69) is 4.18 Å². The largest absolute Gasteiger partial charge is 0.379 e. The van der Waals surface area contributed by atoms with Crippen molar-refractivity contribution in [1.82, 2.24) is 5.48 Å². The Morgan fingerprint density at radius 2 is 2.25 bits per heavy atom. The lowest BCUT2D eigenvalue weighted by molar-refractivity contribution is -0.144. The Labute approximate surface area is 72.1 Å². The molecular formula is C5H11NO5S. The van der Waals surface area contributed by atoms with Gasteiger partial charge in [0.15, 0.2) is 16.7 Å². The van der Waals surface area contributed by atoms with Crippen molar-refractivity contribution in [2.45, 2.75) is 12.5 Å². The Balaban J connectivity index is 4.21. The summed E-state index contributed by atoms with van der Waals surface area (Å²) in [6, 6.07) is 0. The van der Waals surface area contributed by atoms with Crippen molar-refractivity contribution in [3.63, 3.8) is 0 Å². The number of nitrogens with one attached hydrogen (secondary N) is 1. The molecule has 7 heteroatoms. The zero-order valence-electron chi connectivity index (χ0n) is 6.73. The normalized spacial score (nSPS) is 18.0. The minimum atomic E-state index is -1.89. The molecule has 2 unspecified atom stereocenters. The Morgan fingerprint density at radius 1 is 1.75 bits per heavy atom. The van der Waals surface area contributed by atoms with Gasteiger partial charge in [0.1, 0.15) is 0 Å². The van der Waals surface area contributed by atoms with Crippen LogP contribution in [0, 0.1) is 0 Å². The van der Waals surface area contributed by atoms with Gasteiger partial charge < -0.3 is 5.11 Å². The molecule has 0 rings (SSSR count). The molecule has 0 saturated heterocycles. The summed E-state index contributed by atoms with van der Waals surface area (Å²) in [5, 5.41) is 17.4. The highest BCUT2D eigenvalue weighted by Gasteiger charge is 2.32. The smallest absolute Gasteiger partial charge is 0.276 e. The van der Waals surface area contributed by atoms with Crippen LogP contribution in [0.2, 0.25) is 0 Å². The van der Waals surface area contributed by atoms with E-state index >= 15 is 0 Å². The van der Waals surface area contributed by atoms with Crippen LogP contribution in [0.5, 0.6) is 0 Å². The fourth-order valence-corrected chi connectivity index (χ4v) is 1.18. The summed E-state index contributed by atoms with van der Waals surface area (Å²) >= 11 is -1.74. The van der Waals surface area contributed by atoms with Crippen molar-refractivity contribution in [1.29, 1.82) is 0 Å². The topological polar surface area (TPSA) is 95.9 Å². The molecule has 0 aliphatic rings. The van der Waals surface area contributed by atoms with Crippen LogP contribution in [0.15, 0.2) is 0 Å². The third-order valence-electron chi connectivity index (χ3n) is 1.18. The van der Waals surface area contributed by atoms with Crippen LogP contribution in [0.25, 0.3) is 0 Å². The Morgan fingerprint density at radius 3 is 2.58 bits per heavy atom. The van der Waals surface area contributed by atoms with Crippen molar-refractivity contribution in [2.75, 3.05) is 12.9 Å². The molecule has 12 heavy (non-hydrogen) atoms. The molecule has 0 fully saturated rings. The van der Waals surface area contributed by atoms with Crippen molar-refractivity contribution in [3.05, 3.63) is 0 Å². The van der Waals surface area contributed by atoms with E-state index in [0.717, 1.165) is 6.92 Å². The van der Waals surface area contributed by atoms with E-state index in [1.807, 2.05) is 0 Å². The Hall–Kier alpha value is -0.500. The van der Waals surface area contributed by atoms with Gasteiger partial charge in [-0.05, 0) is 6.92 Å². The molecule has 0 aliphatic heterocycles. The molecule has 1 amide bonds. The van der Waals surface area contributed by atoms with Gasteiger partial charge >= 0.3 is 0 Å². The number of amides is 1. The number of hydrogen-bond donors (Lipinski definition) is 3. The van der Waals surface area contributed by atoms with E-state index in [4.69, 9.17) is 5.21 Å². The molecule has 72 valence electrons. The molecule has 0 spiro atoms. The maximum atomic E-state index is 10.7. The quantitative estimate of drug-likeness (QED) is 0.378. The zero-order chi connectivity index (χ0) is 9.78. The summed E-state index contributed by atoms with van der Waals surface area (Å²) in [6.07, 6.45) is 0. The third kappa shape index (κ3) is 3.26. The van der Waals surface area contributed by atoms with E-state index in [-0.39, 0.29) is 0 Å².